The number of nitrogens with zero attached hydrogens (tertiary/aromatic N) is 4. The van der Waals surface area contributed by atoms with Crippen LogP contribution in [0.4, 0.5) is 19.1 Å². The minimum Gasteiger partial charge on any atom is -0.352 e. The molecule has 0 unspecified atom stereocenters. The van der Waals surface area contributed by atoms with Crippen LogP contribution < -0.4 is 10.2 Å². The molecule has 172 valence electrons. The third-order valence-electron chi connectivity index (χ3n) is 5.20. The Labute approximate surface area is 184 Å². The van der Waals surface area contributed by atoms with Crippen LogP contribution in [0, 0.1) is 13.8 Å². The Balaban J connectivity index is 1.42. The molecular weight excluding hydrogens is 423 g/mol. The predicted molar refractivity (Wildman–Crippen MR) is 113 cm³/mol. The van der Waals surface area contributed by atoms with Crippen molar-refractivity contribution in [3.63, 3.8) is 0 Å². The van der Waals surface area contributed by atoms with Crippen LogP contribution in [0.2, 0.25) is 0 Å². The molecule has 2 amide bonds. The number of hydrogen-bond donors (Lipinski definition) is 1. The average molecular weight is 449 g/mol. The first-order valence-electron chi connectivity index (χ1n) is 10.4. The maximum atomic E-state index is 12.8. The van der Waals surface area contributed by atoms with Crippen LogP contribution in [-0.2, 0) is 22.3 Å². The fraction of sp³-hybridized carbons (Fsp3) is 0.455. The molecule has 1 fully saturated rings. The van der Waals surface area contributed by atoms with Crippen molar-refractivity contribution in [1.29, 1.82) is 0 Å². The number of alkyl halides is 3. The summed E-state index contributed by atoms with van der Waals surface area (Å²) in [6, 6.07) is 6.71. The van der Waals surface area contributed by atoms with Crippen LogP contribution in [-0.4, -0.2) is 52.9 Å². The van der Waals surface area contributed by atoms with Crippen LogP contribution in [0.5, 0.6) is 0 Å². The highest BCUT2D eigenvalue weighted by atomic mass is 19.4. The molecule has 0 radical (unpaired) electrons. The molecule has 1 aromatic heterocycles. The summed E-state index contributed by atoms with van der Waals surface area (Å²) in [6.07, 6.45) is -4.40. The number of nitrogens with one attached hydrogen (secondary N) is 1. The number of carbonyl (C=O) groups is 2. The molecular formula is C22H26F3N5O2. The summed E-state index contributed by atoms with van der Waals surface area (Å²) in [7, 11) is 0. The van der Waals surface area contributed by atoms with Crippen molar-refractivity contribution >= 4 is 17.8 Å². The van der Waals surface area contributed by atoms with Gasteiger partial charge in [-0.25, -0.2) is 9.97 Å². The molecule has 1 aromatic carbocycles. The second kappa shape index (κ2) is 9.97. The summed E-state index contributed by atoms with van der Waals surface area (Å²) >= 11 is 0. The van der Waals surface area contributed by atoms with E-state index in [1.807, 2.05) is 24.8 Å². The number of halogens is 3. The van der Waals surface area contributed by atoms with Crippen LogP contribution >= 0.6 is 0 Å². The van der Waals surface area contributed by atoms with Crippen LogP contribution in [0.15, 0.2) is 30.3 Å². The number of piperazine rings is 1. The Morgan fingerprint density at radius 3 is 2.28 bits per heavy atom. The zero-order valence-corrected chi connectivity index (χ0v) is 18.1. The quantitative estimate of drug-likeness (QED) is 0.734. The van der Waals surface area contributed by atoms with E-state index in [2.05, 4.69) is 15.3 Å². The lowest BCUT2D eigenvalue weighted by atomic mass is 10.1. The van der Waals surface area contributed by atoms with E-state index >= 15 is 0 Å². The molecule has 2 heterocycles. The summed E-state index contributed by atoms with van der Waals surface area (Å²) in [5.41, 5.74) is 1.37. The molecule has 1 N–H and O–H groups in total. The molecule has 10 heteroatoms. The van der Waals surface area contributed by atoms with Gasteiger partial charge in [-0.2, -0.15) is 13.2 Å². The number of amides is 2. The zero-order valence-electron chi connectivity index (χ0n) is 18.1. The van der Waals surface area contributed by atoms with Crippen molar-refractivity contribution in [2.75, 3.05) is 31.1 Å². The van der Waals surface area contributed by atoms with Crippen molar-refractivity contribution in [2.24, 2.45) is 0 Å². The number of hydrogen-bond acceptors (Lipinski definition) is 5. The Morgan fingerprint density at radius 1 is 1.00 bits per heavy atom. The highest BCUT2D eigenvalue weighted by molar-refractivity contribution is 5.83. The summed E-state index contributed by atoms with van der Waals surface area (Å²) in [4.78, 5) is 37.1. The van der Waals surface area contributed by atoms with Gasteiger partial charge in [0.15, 0.2) is 0 Å². The van der Waals surface area contributed by atoms with Gasteiger partial charge >= 0.3 is 6.18 Å². The first-order valence-corrected chi connectivity index (χ1v) is 10.4. The van der Waals surface area contributed by atoms with Gasteiger partial charge in [-0.1, -0.05) is 12.1 Å². The van der Waals surface area contributed by atoms with Crippen molar-refractivity contribution < 1.29 is 22.8 Å². The largest absolute Gasteiger partial charge is 0.416 e. The molecule has 0 aliphatic carbocycles. The predicted octanol–water partition coefficient (Wildman–Crippen LogP) is 2.86. The normalized spacial score (nSPS) is 14.4. The lowest BCUT2D eigenvalue weighted by molar-refractivity contribution is -0.137. The van der Waals surface area contributed by atoms with Gasteiger partial charge in [-0.05, 0) is 37.6 Å². The second-order valence-corrected chi connectivity index (χ2v) is 7.79. The first-order chi connectivity index (χ1) is 15.1. The molecule has 1 saturated heterocycles. The molecule has 1 aliphatic heterocycles. The molecule has 0 atom stereocenters. The van der Waals surface area contributed by atoms with Gasteiger partial charge in [0.1, 0.15) is 0 Å². The van der Waals surface area contributed by atoms with E-state index in [0.29, 0.717) is 37.7 Å². The highest BCUT2D eigenvalue weighted by Gasteiger charge is 2.30. The van der Waals surface area contributed by atoms with Crippen molar-refractivity contribution in [3.8, 4) is 0 Å². The van der Waals surface area contributed by atoms with Crippen molar-refractivity contribution in [2.45, 2.75) is 39.4 Å². The lowest BCUT2D eigenvalue weighted by Crippen LogP contribution is -2.49. The fourth-order valence-electron chi connectivity index (χ4n) is 3.53. The van der Waals surface area contributed by atoms with E-state index in [-0.39, 0.29) is 31.2 Å². The first kappa shape index (κ1) is 23.5. The van der Waals surface area contributed by atoms with Crippen LogP contribution in [0.1, 0.15) is 35.4 Å². The summed E-state index contributed by atoms with van der Waals surface area (Å²) in [5.74, 6) is 0.154. The van der Waals surface area contributed by atoms with Gasteiger partial charge in [0.2, 0.25) is 17.8 Å². The molecule has 3 rings (SSSR count). The van der Waals surface area contributed by atoms with Gasteiger partial charge < -0.3 is 15.1 Å². The van der Waals surface area contributed by atoms with E-state index in [9.17, 15) is 22.8 Å². The Kier molecular flexibility index (Phi) is 7.32. The second-order valence-electron chi connectivity index (χ2n) is 7.79. The monoisotopic (exact) mass is 449 g/mol. The van der Waals surface area contributed by atoms with Crippen LogP contribution in [0.3, 0.4) is 0 Å². The van der Waals surface area contributed by atoms with E-state index in [1.165, 1.54) is 12.1 Å². The molecule has 7 nitrogen and oxygen atoms in total. The highest BCUT2D eigenvalue weighted by Crippen LogP contribution is 2.29. The maximum Gasteiger partial charge on any atom is 0.416 e. The minimum atomic E-state index is -4.43. The topological polar surface area (TPSA) is 78.4 Å². The van der Waals surface area contributed by atoms with Gasteiger partial charge in [0.25, 0.3) is 0 Å². The fourth-order valence-corrected chi connectivity index (χ4v) is 3.53. The number of anilines is 1. The average Bonchev–Trinajstić information content (AvgIpc) is 2.75. The number of benzene rings is 1. The zero-order chi connectivity index (χ0) is 23.3. The maximum absolute atomic E-state index is 12.8. The van der Waals surface area contributed by atoms with Crippen LogP contribution in [0.25, 0.3) is 0 Å². The summed E-state index contributed by atoms with van der Waals surface area (Å²) in [6.45, 7) is 6.05. The number of carbonyl (C=O) groups excluding carboxylic acids is 2. The summed E-state index contributed by atoms with van der Waals surface area (Å²) in [5, 5.41) is 2.57. The molecule has 0 bridgehead atoms. The third kappa shape index (κ3) is 6.41. The van der Waals surface area contributed by atoms with Gasteiger partial charge in [0, 0.05) is 57.0 Å². The number of aryl methyl sites for hydroxylation is 2. The van der Waals surface area contributed by atoms with Gasteiger partial charge in [-0.15, -0.1) is 0 Å². The van der Waals surface area contributed by atoms with Crippen molar-refractivity contribution in [3.05, 3.63) is 52.8 Å². The van der Waals surface area contributed by atoms with E-state index < -0.39 is 11.7 Å². The number of rotatable bonds is 6. The summed E-state index contributed by atoms with van der Waals surface area (Å²) < 4.78 is 38.3. The van der Waals surface area contributed by atoms with Crippen molar-refractivity contribution in [1.82, 2.24) is 20.2 Å². The van der Waals surface area contributed by atoms with E-state index in [0.717, 1.165) is 23.5 Å². The molecule has 0 saturated carbocycles. The SMILES string of the molecule is Cc1cc(C)nc(N2CCN(C(=O)CCC(=O)NCc3cccc(C(F)(F)F)c3)CC2)n1. The molecule has 0 spiro atoms. The smallest absolute Gasteiger partial charge is 0.352 e. The van der Waals surface area contributed by atoms with E-state index in [1.54, 1.807) is 4.90 Å². The van der Waals surface area contributed by atoms with Gasteiger partial charge in [0.05, 0.1) is 5.56 Å². The molecule has 32 heavy (non-hydrogen) atoms. The Bertz CT molecular complexity index is 952. The number of aromatic nitrogens is 2. The molecule has 1 aliphatic rings. The lowest BCUT2D eigenvalue weighted by Gasteiger charge is -2.35. The Hall–Kier alpha value is -3.17. The molecule has 2 aromatic rings. The third-order valence-corrected chi connectivity index (χ3v) is 5.20. The van der Waals surface area contributed by atoms with E-state index in [4.69, 9.17) is 0 Å². The van der Waals surface area contributed by atoms with Gasteiger partial charge in [-0.3, -0.25) is 9.59 Å². The minimum absolute atomic E-state index is 0.0157. The standard InChI is InChI=1S/C22H26F3N5O2/c1-15-12-16(2)28-21(27-15)30-10-8-29(9-11-30)20(32)7-6-19(31)26-14-17-4-3-5-18(13-17)22(23,24)25/h3-5,12-13H,6-11,14H2,1-2H3,(H,26,31). The Morgan fingerprint density at radius 2 is 1.66 bits per heavy atom.